The number of hydrogen-bond acceptors (Lipinski definition) is 5. The van der Waals surface area contributed by atoms with Crippen LogP contribution in [0.15, 0.2) is 13.6 Å². The summed E-state index contributed by atoms with van der Waals surface area (Å²) in [6.45, 7) is 1.36. The molecule has 0 saturated heterocycles. The molecular weight excluding hydrogens is 184 g/mol. The molecule has 0 atom stereocenters. The largest absolute Gasteiger partial charge is 0.519 e. The SMILES string of the molecule is Cc1oc(=O)oc1COC(=O)[S]. The Balaban J connectivity index is 2.69. The van der Waals surface area contributed by atoms with Crippen LogP contribution in [0.3, 0.4) is 0 Å². The molecule has 0 unspecified atom stereocenters. The Kier molecular flexibility index (Phi) is 2.49. The van der Waals surface area contributed by atoms with Crippen LogP contribution in [-0.2, 0) is 11.3 Å². The first-order chi connectivity index (χ1) is 5.59. The summed E-state index contributed by atoms with van der Waals surface area (Å²) >= 11 is 4.12. The molecule has 5 nitrogen and oxygen atoms in total. The van der Waals surface area contributed by atoms with E-state index in [4.69, 9.17) is 0 Å². The molecule has 0 saturated carbocycles. The van der Waals surface area contributed by atoms with Crippen LogP contribution in [0.5, 0.6) is 0 Å². The van der Waals surface area contributed by atoms with E-state index >= 15 is 0 Å². The van der Waals surface area contributed by atoms with Crippen LogP contribution in [0.4, 0.5) is 4.79 Å². The lowest BCUT2D eigenvalue weighted by Gasteiger charge is -1.94. The van der Waals surface area contributed by atoms with Gasteiger partial charge in [0, 0.05) is 12.6 Å². The number of ether oxygens (including phenoxy) is 1. The molecule has 0 N–H and O–H groups in total. The van der Waals surface area contributed by atoms with Gasteiger partial charge in [0.2, 0.25) is 0 Å². The number of carbonyl (C=O) groups excluding carboxylic acids is 1. The highest BCUT2D eigenvalue weighted by Gasteiger charge is 2.09. The van der Waals surface area contributed by atoms with Crippen molar-refractivity contribution in [2.24, 2.45) is 0 Å². The third kappa shape index (κ3) is 2.09. The summed E-state index contributed by atoms with van der Waals surface area (Å²) in [6.07, 6.45) is 0. The van der Waals surface area contributed by atoms with Crippen LogP contribution >= 0.6 is 12.6 Å². The Hall–Kier alpha value is -1.30. The second-order valence-electron chi connectivity index (χ2n) is 1.97. The summed E-state index contributed by atoms with van der Waals surface area (Å²) in [5, 5.41) is -0.849. The average Bonchev–Trinajstić information content (AvgIpc) is 2.26. The van der Waals surface area contributed by atoms with Crippen LogP contribution in [0.25, 0.3) is 0 Å². The third-order valence-electron chi connectivity index (χ3n) is 1.16. The van der Waals surface area contributed by atoms with Crippen molar-refractivity contribution >= 4 is 17.9 Å². The molecule has 0 aromatic carbocycles. The minimum absolute atomic E-state index is 0.167. The Morgan fingerprint density at radius 2 is 2.25 bits per heavy atom. The maximum atomic E-state index is 10.5. The van der Waals surface area contributed by atoms with Crippen molar-refractivity contribution in [1.29, 1.82) is 0 Å². The van der Waals surface area contributed by atoms with E-state index in [9.17, 15) is 9.59 Å². The summed E-state index contributed by atoms with van der Waals surface area (Å²) in [6, 6.07) is 0. The van der Waals surface area contributed by atoms with Crippen molar-refractivity contribution in [3.05, 3.63) is 22.1 Å². The van der Waals surface area contributed by atoms with Crippen LogP contribution in [-0.4, -0.2) is 5.30 Å². The number of aryl methyl sites for hydroxylation is 1. The van der Waals surface area contributed by atoms with Crippen molar-refractivity contribution in [3.63, 3.8) is 0 Å². The monoisotopic (exact) mass is 189 g/mol. The summed E-state index contributed by atoms with van der Waals surface area (Å²) in [7, 11) is 0. The van der Waals surface area contributed by atoms with E-state index in [1.807, 2.05) is 0 Å². The van der Waals surface area contributed by atoms with E-state index in [0.29, 0.717) is 0 Å². The van der Waals surface area contributed by atoms with Gasteiger partial charge < -0.3 is 13.6 Å². The van der Waals surface area contributed by atoms with Crippen molar-refractivity contribution in [2.45, 2.75) is 13.5 Å². The lowest BCUT2D eigenvalue weighted by molar-refractivity contribution is 0.158. The normalized spacial score (nSPS) is 9.75. The summed E-state index contributed by atoms with van der Waals surface area (Å²) < 4.78 is 13.4. The van der Waals surface area contributed by atoms with Crippen molar-refractivity contribution in [3.8, 4) is 0 Å². The maximum Gasteiger partial charge on any atom is 0.519 e. The first-order valence-corrected chi connectivity index (χ1v) is 3.43. The zero-order chi connectivity index (χ0) is 9.14. The van der Waals surface area contributed by atoms with Gasteiger partial charge in [0.25, 0.3) is 0 Å². The second kappa shape index (κ2) is 3.40. The lowest BCUT2D eigenvalue weighted by Crippen LogP contribution is -1.95. The highest BCUT2D eigenvalue weighted by atomic mass is 32.1. The summed E-state index contributed by atoms with van der Waals surface area (Å²) in [4.78, 5) is 20.6. The Morgan fingerprint density at radius 3 is 2.67 bits per heavy atom. The smallest absolute Gasteiger partial charge is 0.446 e. The first-order valence-electron chi connectivity index (χ1n) is 3.03. The zero-order valence-electron chi connectivity index (χ0n) is 6.16. The number of hydrogen-bond donors (Lipinski definition) is 0. The van der Waals surface area contributed by atoms with Gasteiger partial charge >= 0.3 is 11.1 Å². The molecule has 1 rings (SSSR count). The van der Waals surface area contributed by atoms with Crippen molar-refractivity contribution < 1.29 is 18.4 Å². The van der Waals surface area contributed by atoms with Gasteiger partial charge in [-0.25, -0.2) is 9.59 Å². The Morgan fingerprint density at radius 1 is 1.58 bits per heavy atom. The minimum Gasteiger partial charge on any atom is -0.446 e. The first kappa shape index (κ1) is 8.79. The van der Waals surface area contributed by atoms with Crippen LogP contribution in [0.1, 0.15) is 11.5 Å². The van der Waals surface area contributed by atoms with Gasteiger partial charge in [-0.2, -0.15) is 0 Å². The molecule has 0 fully saturated rings. The van der Waals surface area contributed by atoms with Crippen molar-refractivity contribution in [1.82, 2.24) is 0 Å². The van der Waals surface area contributed by atoms with Gasteiger partial charge in [0.15, 0.2) is 18.1 Å². The van der Waals surface area contributed by atoms with Gasteiger partial charge in [0.1, 0.15) is 0 Å². The quantitative estimate of drug-likeness (QED) is 0.657. The molecule has 1 aromatic rings. The molecule has 0 aliphatic carbocycles. The molecule has 65 valence electrons. The topological polar surface area (TPSA) is 69.7 Å². The van der Waals surface area contributed by atoms with Gasteiger partial charge in [-0.05, 0) is 6.92 Å². The van der Waals surface area contributed by atoms with E-state index in [2.05, 4.69) is 26.2 Å². The predicted octanol–water partition coefficient (Wildman–Crippen LogP) is 1.38. The molecule has 0 amide bonds. The maximum absolute atomic E-state index is 10.5. The highest BCUT2D eigenvalue weighted by Crippen LogP contribution is 2.06. The Bertz CT molecular complexity index is 336. The molecule has 0 bridgehead atoms. The number of rotatable bonds is 2. The number of carbonyl (C=O) groups is 1. The molecule has 1 aromatic heterocycles. The van der Waals surface area contributed by atoms with Crippen LogP contribution < -0.4 is 5.82 Å². The van der Waals surface area contributed by atoms with E-state index in [1.54, 1.807) is 0 Å². The standard InChI is InChI=1S/C6H5O5S/c1-3-4(2-9-6(8)12)11-5(7)10-3/h2H2,1H3. The van der Waals surface area contributed by atoms with Gasteiger partial charge in [-0.1, -0.05) is 0 Å². The molecule has 0 spiro atoms. The molecule has 1 heterocycles. The second-order valence-corrected chi connectivity index (χ2v) is 2.31. The summed E-state index contributed by atoms with van der Waals surface area (Å²) in [5.41, 5.74) is 0. The van der Waals surface area contributed by atoms with E-state index in [1.165, 1.54) is 6.92 Å². The fourth-order valence-electron chi connectivity index (χ4n) is 0.631. The average molecular weight is 189 g/mol. The summed E-state index contributed by atoms with van der Waals surface area (Å²) in [5.74, 6) is -0.350. The van der Waals surface area contributed by atoms with Crippen molar-refractivity contribution in [2.75, 3.05) is 0 Å². The van der Waals surface area contributed by atoms with E-state index in [-0.39, 0.29) is 18.1 Å². The third-order valence-corrected chi connectivity index (χ3v) is 1.27. The van der Waals surface area contributed by atoms with E-state index in [0.717, 1.165) is 0 Å². The molecule has 0 aliphatic heterocycles. The van der Waals surface area contributed by atoms with Gasteiger partial charge in [-0.15, -0.1) is 0 Å². The molecule has 6 heteroatoms. The molecule has 0 aliphatic rings. The molecule has 12 heavy (non-hydrogen) atoms. The predicted molar refractivity (Wildman–Crippen MR) is 39.8 cm³/mol. The minimum atomic E-state index is -0.849. The van der Waals surface area contributed by atoms with E-state index < -0.39 is 11.1 Å². The highest BCUT2D eigenvalue weighted by molar-refractivity contribution is 7.96. The molecule has 1 radical (unpaired) electrons. The fraction of sp³-hybridized carbons (Fsp3) is 0.333. The Labute approximate surface area is 72.7 Å². The fourth-order valence-corrected chi connectivity index (χ4v) is 0.690. The van der Waals surface area contributed by atoms with Gasteiger partial charge in [-0.3, -0.25) is 0 Å². The molecular formula is C6H5O5S. The van der Waals surface area contributed by atoms with Crippen LogP contribution in [0, 0.1) is 6.92 Å². The zero-order valence-corrected chi connectivity index (χ0v) is 6.97. The lowest BCUT2D eigenvalue weighted by atomic mass is 10.4. The van der Waals surface area contributed by atoms with Crippen LogP contribution in [0.2, 0.25) is 0 Å². The van der Waals surface area contributed by atoms with Gasteiger partial charge in [0.05, 0.1) is 0 Å².